The van der Waals surface area contributed by atoms with Crippen LogP contribution in [0.2, 0.25) is 5.02 Å². The second-order valence-corrected chi connectivity index (χ2v) is 7.90. The monoisotopic (exact) mass is 366 g/mol. The summed E-state index contributed by atoms with van der Waals surface area (Å²) in [5.74, 6) is -0.385. The summed E-state index contributed by atoms with van der Waals surface area (Å²) in [6.07, 6.45) is 0. The van der Waals surface area contributed by atoms with E-state index < -0.39 is 10.0 Å². The number of carbonyl (C=O) groups excluding carboxylic acids is 1. The van der Waals surface area contributed by atoms with E-state index in [4.69, 9.17) is 11.6 Å². The summed E-state index contributed by atoms with van der Waals surface area (Å²) in [5, 5.41) is 3.36. The zero-order chi connectivity index (χ0) is 17.7. The smallest absolute Gasteiger partial charge is 0.243 e. The average molecular weight is 367 g/mol. The van der Waals surface area contributed by atoms with Gasteiger partial charge in [0.1, 0.15) is 0 Å². The molecule has 0 radical (unpaired) electrons. The maximum absolute atomic E-state index is 12.4. The van der Waals surface area contributed by atoms with Crippen LogP contribution in [0.25, 0.3) is 0 Å². The number of nitrogens with zero attached hydrogens (tertiary/aromatic N) is 1. The Hall–Kier alpha value is -1.89. The summed E-state index contributed by atoms with van der Waals surface area (Å²) in [5.41, 5.74) is 0.851. The molecule has 1 atom stereocenters. The van der Waals surface area contributed by atoms with Crippen molar-refractivity contribution in [2.45, 2.75) is 17.9 Å². The van der Waals surface area contributed by atoms with Crippen LogP contribution < -0.4 is 5.32 Å². The predicted molar refractivity (Wildman–Crippen MR) is 94.3 cm³/mol. The van der Waals surface area contributed by atoms with E-state index >= 15 is 0 Å². The van der Waals surface area contributed by atoms with E-state index in [0.717, 1.165) is 9.87 Å². The molecule has 2 aromatic carbocycles. The van der Waals surface area contributed by atoms with E-state index in [-0.39, 0.29) is 23.4 Å². The fourth-order valence-electron chi connectivity index (χ4n) is 2.21. The van der Waals surface area contributed by atoms with Crippen molar-refractivity contribution in [3.05, 3.63) is 65.2 Å². The number of likely N-dealkylation sites (N-methyl/N-ethyl adjacent to an activating group) is 1. The molecule has 0 bridgehead atoms. The van der Waals surface area contributed by atoms with Gasteiger partial charge in [0.25, 0.3) is 0 Å². The van der Waals surface area contributed by atoms with E-state index in [1.165, 1.54) is 19.2 Å². The molecule has 0 aliphatic rings. The topological polar surface area (TPSA) is 66.5 Å². The van der Waals surface area contributed by atoms with Crippen molar-refractivity contribution in [2.75, 3.05) is 13.6 Å². The number of rotatable bonds is 6. The van der Waals surface area contributed by atoms with Gasteiger partial charge in [0.15, 0.2) is 0 Å². The molecule has 0 aliphatic carbocycles. The van der Waals surface area contributed by atoms with Gasteiger partial charge in [-0.3, -0.25) is 4.79 Å². The zero-order valence-electron chi connectivity index (χ0n) is 13.4. The molecule has 0 fully saturated rings. The minimum Gasteiger partial charge on any atom is -0.348 e. The Morgan fingerprint density at radius 3 is 2.46 bits per heavy atom. The van der Waals surface area contributed by atoms with Crippen LogP contribution in [0.3, 0.4) is 0 Å². The van der Waals surface area contributed by atoms with Crippen LogP contribution >= 0.6 is 11.6 Å². The molecular formula is C17H19ClN2O3S. The van der Waals surface area contributed by atoms with Crippen LogP contribution in [0, 0.1) is 0 Å². The molecular weight excluding hydrogens is 348 g/mol. The van der Waals surface area contributed by atoms with Crippen LogP contribution in [0.15, 0.2) is 59.5 Å². The molecule has 1 amide bonds. The highest BCUT2D eigenvalue weighted by Crippen LogP contribution is 2.17. The molecule has 0 spiro atoms. The zero-order valence-corrected chi connectivity index (χ0v) is 15.0. The largest absolute Gasteiger partial charge is 0.348 e. The van der Waals surface area contributed by atoms with Gasteiger partial charge in [0, 0.05) is 12.1 Å². The van der Waals surface area contributed by atoms with Gasteiger partial charge in [-0.1, -0.05) is 41.9 Å². The highest BCUT2D eigenvalue weighted by atomic mass is 35.5. The highest BCUT2D eigenvalue weighted by molar-refractivity contribution is 7.89. The minimum atomic E-state index is -3.69. The number of benzene rings is 2. The fourth-order valence-corrected chi connectivity index (χ4v) is 3.55. The molecule has 0 aromatic heterocycles. The third-order valence-corrected chi connectivity index (χ3v) is 5.60. The fraction of sp³-hybridized carbons (Fsp3) is 0.235. The van der Waals surface area contributed by atoms with Gasteiger partial charge in [-0.2, -0.15) is 4.31 Å². The third-order valence-electron chi connectivity index (χ3n) is 3.54. The number of hydrogen-bond acceptors (Lipinski definition) is 3. The molecule has 2 rings (SSSR count). The lowest BCUT2D eigenvalue weighted by Gasteiger charge is -2.19. The summed E-state index contributed by atoms with van der Waals surface area (Å²) in [6, 6.07) is 14.9. The van der Waals surface area contributed by atoms with Gasteiger partial charge in [-0.05, 0) is 36.8 Å². The maximum Gasteiger partial charge on any atom is 0.243 e. The molecule has 7 heteroatoms. The quantitative estimate of drug-likeness (QED) is 0.854. The Morgan fingerprint density at radius 1 is 1.17 bits per heavy atom. The lowest BCUT2D eigenvalue weighted by molar-refractivity contribution is -0.121. The molecule has 0 saturated heterocycles. The predicted octanol–water partition coefficient (Wildman–Crippen LogP) is 2.84. The van der Waals surface area contributed by atoms with Gasteiger partial charge in [-0.15, -0.1) is 0 Å². The SMILES string of the molecule is CC(NC(=O)CN(C)S(=O)(=O)c1ccccc1)c1cccc(Cl)c1. The molecule has 2 aromatic rings. The first-order chi connectivity index (χ1) is 11.3. The summed E-state index contributed by atoms with van der Waals surface area (Å²) >= 11 is 5.94. The molecule has 0 heterocycles. The van der Waals surface area contributed by atoms with Crippen molar-refractivity contribution in [1.82, 2.24) is 9.62 Å². The lowest BCUT2D eigenvalue weighted by atomic mass is 10.1. The Balaban J connectivity index is 2.01. The lowest BCUT2D eigenvalue weighted by Crippen LogP contribution is -2.39. The van der Waals surface area contributed by atoms with E-state index in [1.54, 1.807) is 36.4 Å². The number of halogens is 1. The van der Waals surface area contributed by atoms with E-state index in [9.17, 15) is 13.2 Å². The summed E-state index contributed by atoms with van der Waals surface area (Å²) in [7, 11) is -2.31. The highest BCUT2D eigenvalue weighted by Gasteiger charge is 2.23. The van der Waals surface area contributed by atoms with Crippen molar-refractivity contribution < 1.29 is 13.2 Å². The van der Waals surface area contributed by atoms with Crippen LogP contribution in [0.1, 0.15) is 18.5 Å². The van der Waals surface area contributed by atoms with Gasteiger partial charge in [-0.25, -0.2) is 8.42 Å². The first-order valence-electron chi connectivity index (χ1n) is 7.37. The maximum atomic E-state index is 12.4. The Bertz CT molecular complexity index is 810. The summed E-state index contributed by atoms with van der Waals surface area (Å²) < 4.78 is 25.8. The van der Waals surface area contributed by atoms with Gasteiger partial charge >= 0.3 is 0 Å². The number of carbonyl (C=O) groups is 1. The molecule has 0 saturated carbocycles. The average Bonchev–Trinajstić information content (AvgIpc) is 2.55. The van der Waals surface area contributed by atoms with Crippen LogP contribution in [-0.2, 0) is 14.8 Å². The van der Waals surface area contributed by atoms with E-state index in [2.05, 4.69) is 5.32 Å². The second kappa shape index (κ2) is 7.79. The number of hydrogen-bond donors (Lipinski definition) is 1. The second-order valence-electron chi connectivity index (χ2n) is 5.42. The van der Waals surface area contributed by atoms with Crippen molar-refractivity contribution in [3.63, 3.8) is 0 Å². The molecule has 1 unspecified atom stereocenters. The standard InChI is InChI=1S/C17H19ClN2O3S/c1-13(14-7-6-8-15(18)11-14)19-17(21)12-20(2)24(22,23)16-9-4-3-5-10-16/h3-11,13H,12H2,1-2H3,(H,19,21). The van der Waals surface area contributed by atoms with E-state index in [1.807, 2.05) is 13.0 Å². The van der Waals surface area contributed by atoms with Crippen LogP contribution in [0.5, 0.6) is 0 Å². The normalized spacial score (nSPS) is 12.8. The molecule has 128 valence electrons. The molecule has 24 heavy (non-hydrogen) atoms. The molecule has 1 N–H and O–H groups in total. The summed E-state index contributed by atoms with van der Waals surface area (Å²) in [4.78, 5) is 12.3. The first-order valence-corrected chi connectivity index (χ1v) is 9.18. The van der Waals surface area contributed by atoms with Crippen molar-refractivity contribution in [1.29, 1.82) is 0 Å². The number of nitrogens with one attached hydrogen (secondary N) is 1. The van der Waals surface area contributed by atoms with E-state index in [0.29, 0.717) is 5.02 Å². The van der Waals surface area contributed by atoms with Gasteiger partial charge in [0.2, 0.25) is 15.9 Å². The Kier molecular flexibility index (Phi) is 5.99. The van der Waals surface area contributed by atoms with Crippen molar-refractivity contribution >= 4 is 27.5 Å². The van der Waals surface area contributed by atoms with Gasteiger partial charge < -0.3 is 5.32 Å². The Labute approximate surface area is 147 Å². The van der Waals surface area contributed by atoms with Crippen molar-refractivity contribution in [3.8, 4) is 0 Å². The minimum absolute atomic E-state index is 0.156. The number of sulfonamides is 1. The van der Waals surface area contributed by atoms with Crippen LogP contribution in [0.4, 0.5) is 0 Å². The number of amides is 1. The first kappa shape index (κ1) is 18.4. The van der Waals surface area contributed by atoms with Crippen molar-refractivity contribution in [2.24, 2.45) is 0 Å². The molecule has 5 nitrogen and oxygen atoms in total. The summed E-state index contributed by atoms with van der Waals surface area (Å²) in [6.45, 7) is 1.55. The third kappa shape index (κ3) is 4.56. The van der Waals surface area contributed by atoms with Gasteiger partial charge in [0.05, 0.1) is 17.5 Å². The van der Waals surface area contributed by atoms with Crippen LogP contribution in [-0.4, -0.2) is 32.2 Å². The Morgan fingerprint density at radius 2 is 1.83 bits per heavy atom. The molecule has 0 aliphatic heterocycles.